The van der Waals surface area contributed by atoms with E-state index < -0.39 is 22.5 Å². The van der Waals surface area contributed by atoms with Crippen LogP contribution in [-0.2, 0) is 24.0 Å². The summed E-state index contributed by atoms with van der Waals surface area (Å²) in [5.74, 6) is -0.405. The Morgan fingerprint density at radius 1 is 0.824 bits per heavy atom. The van der Waals surface area contributed by atoms with Crippen molar-refractivity contribution in [1.82, 2.24) is 5.06 Å². The summed E-state index contributed by atoms with van der Waals surface area (Å²) in [6.07, 6.45) is 0.187. The summed E-state index contributed by atoms with van der Waals surface area (Å²) in [6.45, 7) is 0. The van der Waals surface area contributed by atoms with Gasteiger partial charge in [0.25, 0.3) is 11.8 Å². The Morgan fingerprint density at radius 3 is 1.82 bits per heavy atom. The van der Waals surface area contributed by atoms with Crippen molar-refractivity contribution >= 4 is 29.5 Å². The first-order chi connectivity index (χ1) is 16.5. The molecule has 0 radical (unpaired) electrons. The number of carbonyl (C=O) groups excluding carboxylic acids is 3. The normalized spacial score (nSPS) is 13.7. The van der Waals surface area contributed by atoms with E-state index in [9.17, 15) is 14.4 Å². The fourth-order valence-corrected chi connectivity index (χ4v) is 5.50. The molecule has 0 bridgehead atoms. The molecule has 34 heavy (non-hydrogen) atoms. The maximum atomic E-state index is 12.5. The van der Waals surface area contributed by atoms with Crippen molar-refractivity contribution in [3.63, 3.8) is 0 Å². The van der Waals surface area contributed by atoms with Gasteiger partial charge in [-0.05, 0) is 28.8 Å². The maximum Gasteiger partial charge on any atom is 0.334 e. The van der Waals surface area contributed by atoms with Crippen LogP contribution in [-0.4, -0.2) is 35.7 Å². The van der Waals surface area contributed by atoms with Gasteiger partial charge < -0.3 is 9.57 Å². The summed E-state index contributed by atoms with van der Waals surface area (Å²) >= 11 is 1.60. The highest BCUT2D eigenvalue weighted by Gasteiger charge is 2.37. The third-order valence-electron chi connectivity index (χ3n) is 5.68. The minimum Gasteiger partial charge on any atom is -0.497 e. The Balaban J connectivity index is 1.65. The molecule has 6 nitrogen and oxygen atoms in total. The number of rotatable bonds is 9. The summed E-state index contributed by atoms with van der Waals surface area (Å²) < 4.78 is 4.76. The number of hydrogen-bond donors (Lipinski definition) is 0. The van der Waals surface area contributed by atoms with Crippen molar-refractivity contribution < 1.29 is 24.0 Å². The first-order valence-electron chi connectivity index (χ1n) is 11.0. The second-order valence-electron chi connectivity index (χ2n) is 7.79. The van der Waals surface area contributed by atoms with Crippen LogP contribution < -0.4 is 4.74 Å². The number of imide groups is 1. The van der Waals surface area contributed by atoms with Gasteiger partial charge in [-0.25, -0.2) is 4.79 Å². The highest BCUT2D eigenvalue weighted by molar-refractivity contribution is 8.00. The quantitative estimate of drug-likeness (QED) is 0.329. The van der Waals surface area contributed by atoms with Crippen LogP contribution in [0.3, 0.4) is 0 Å². The van der Waals surface area contributed by atoms with Crippen molar-refractivity contribution in [2.45, 2.75) is 24.0 Å². The Hall–Kier alpha value is -3.58. The van der Waals surface area contributed by atoms with Crippen LogP contribution >= 0.6 is 11.8 Å². The predicted octanol–water partition coefficient (Wildman–Crippen LogP) is 4.72. The van der Waals surface area contributed by atoms with E-state index in [1.54, 1.807) is 18.9 Å². The maximum absolute atomic E-state index is 12.5. The van der Waals surface area contributed by atoms with Crippen LogP contribution in [0.4, 0.5) is 0 Å². The van der Waals surface area contributed by atoms with Gasteiger partial charge in [0.15, 0.2) is 0 Å². The van der Waals surface area contributed by atoms with E-state index in [1.807, 2.05) is 60.7 Å². The first kappa shape index (κ1) is 23.6. The summed E-state index contributed by atoms with van der Waals surface area (Å²) in [5.41, 5.74) is 3.17. The summed E-state index contributed by atoms with van der Waals surface area (Å²) in [7, 11) is 1.63. The molecule has 7 heteroatoms. The van der Waals surface area contributed by atoms with Gasteiger partial charge in [-0.3, -0.25) is 9.59 Å². The molecule has 1 saturated heterocycles. The lowest BCUT2D eigenvalue weighted by atomic mass is 9.84. The minimum absolute atomic E-state index is 0.0410. The average molecular weight is 476 g/mol. The van der Waals surface area contributed by atoms with Crippen LogP contribution in [0.2, 0.25) is 0 Å². The van der Waals surface area contributed by atoms with E-state index in [1.165, 1.54) is 0 Å². The molecule has 0 saturated carbocycles. The number of ether oxygens (including phenoxy) is 1. The predicted molar refractivity (Wildman–Crippen MR) is 130 cm³/mol. The second kappa shape index (κ2) is 10.6. The molecular weight excluding hydrogens is 450 g/mol. The van der Waals surface area contributed by atoms with E-state index in [0.717, 1.165) is 22.4 Å². The molecule has 0 N–H and O–H groups in total. The minimum atomic E-state index is -0.610. The number of methoxy groups -OCH3 is 1. The van der Waals surface area contributed by atoms with Crippen LogP contribution in [0, 0.1) is 0 Å². The third-order valence-corrected chi connectivity index (χ3v) is 7.23. The molecule has 0 aromatic heterocycles. The molecule has 0 aliphatic carbocycles. The van der Waals surface area contributed by atoms with Crippen molar-refractivity contribution in [1.29, 1.82) is 0 Å². The Morgan fingerprint density at radius 2 is 1.32 bits per heavy atom. The molecule has 174 valence electrons. The Labute approximate surface area is 202 Å². The fraction of sp³-hybridized carbons (Fsp3) is 0.222. The van der Waals surface area contributed by atoms with Crippen molar-refractivity contribution in [2.75, 3.05) is 12.9 Å². The molecule has 4 rings (SSSR count). The van der Waals surface area contributed by atoms with Crippen LogP contribution in [0.5, 0.6) is 5.75 Å². The van der Waals surface area contributed by atoms with Gasteiger partial charge >= 0.3 is 5.97 Å². The number of hydrogen-bond acceptors (Lipinski definition) is 6. The Bertz CT molecular complexity index is 1090. The zero-order chi connectivity index (χ0) is 24.0. The summed E-state index contributed by atoms with van der Waals surface area (Å²) in [4.78, 5) is 41.1. The van der Waals surface area contributed by atoms with E-state index in [2.05, 4.69) is 24.3 Å². The van der Waals surface area contributed by atoms with Crippen molar-refractivity contribution in [3.05, 3.63) is 102 Å². The topological polar surface area (TPSA) is 72.9 Å². The largest absolute Gasteiger partial charge is 0.497 e. The lowest BCUT2D eigenvalue weighted by Gasteiger charge is -2.35. The second-order valence-corrected chi connectivity index (χ2v) is 9.09. The van der Waals surface area contributed by atoms with Gasteiger partial charge in [0.05, 0.1) is 18.3 Å². The highest BCUT2D eigenvalue weighted by atomic mass is 32.2. The van der Waals surface area contributed by atoms with E-state index >= 15 is 0 Å². The fourth-order valence-electron chi connectivity index (χ4n) is 4.01. The molecule has 1 fully saturated rings. The van der Waals surface area contributed by atoms with Crippen LogP contribution in [0.25, 0.3) is 0 Å². The number of carbonyl (C=O) groups is 3. The molecule has 1 heterocycles. The lowest BCUT2D eigenvalue weighted by molar-refractivity contribution is -0.197. The van der Waals surface area contributed by atoms with Gasteiger partial charge in [-0.1, -0.05) is 72.8 Å². The van der Waals surface area contributed by atoms with E-state index in [-0.39, 0.29) is 19.3 Å². The third kappa shape index (κ3) is 4.84. The average Bonchev–Trinajstić information content (AvgIpc) is 3.20. The lowest BCUT2D eigenvalue weighted by Crippen LogP contribution is -2.32. The van der Waals surface area contributed by atoms with Crippen molar-refractivity contribution in [2.24, 2.45) is 0 Å². The van der Waals surface area contributed by atoms with E-state index in [0.29, 0.717) is 10.8 Å². The molecule has 0 unspecified atom stereocenters. The molecule has 0 atom stereocenters. The molecule has 3 aromatic rings. The van der Waals surface area contributed by atoms with Gasteiger partial charge in [0, 0.05) is 18.6 Å². The van der Waals surface area contributed by atoms with Crippen LogP contribution in [0.15, 0.2) is 84.9 Å². The summed E-state index contributed by atoms with van der Waals surface area (Å²) in [5, 5.41) is 0.595. The van der Waals surface area contributed by atoms with Crippen molar-refractivity contribution in [3.8, 4) is 5.75 Å². The molecule has 0 spiro atoms. The molecular formula is C27H25NO5S. The van der Waals surface area contributed by atoms with Gasteiger partial charge in [0.1, 0.15) is 5.75 Å². The zero-order valence-electron chi connectivity index (χ0n) is 18.8. The molecule has 1 aliphatic rings. The van der Waals surface area contributed by atoms with E-state index in [4.69, 9.17) is 9.57 Å². The van der Waals surface area contributed by atoms with Gasteiger partial charge in [-0.2, -0.15) is 0 Å². The zero-order valence-corrected chi connectivity index (χ0v) is 19.6. The highest BCUT2D eigenvalue weighted by Crippen LogP contribution is 2.49. The Kier molecular flexibility index (Phi) is 7.33. The number of hydroxylamine groups is 2. The van der Waals surface area contributed by atoms with Gasteiger partial charge in [-0.15, -0.1) is 16.8 Å². The monoisotopic (exact) mass is 475 g/mol. The van der Waals surface area contributed by atoms with Gasteiger partial charge in [0.2, 0.25) is 0 Å². The number of benzene rings is 3. The SMILES string of the molecule is COc1ccc(C(SCCC(=O)ON2C(=O)CCC2=O)(c2ccccc2)c2ccccc2)cc1. The molecule has 3 aromatic carbocycles. The summed E-state index contributed by atoms with van der Waals surface area (Å²) in [6, 6.07) is 28.1. The first-order valence-corrected chi connectivity index (χ1v) is 12.0. The standard InChI is InChI=1S/C27H25NO5S/c1-32-23-14-12-22(13-15-23)27(20-8-4-2-5-9-20,21-10-6-3-7-11-21)34-19-18-26(31)33-28-24(29)16-17-25(28)30/h2-15H,16-19H2,1H3. The number of amides is 2. The van der Waals surface area contributed by atoms with Crippen LogP contribution in [0.1, 0.15) is 36.0 Å². The molecule has 1 aliphatic heterocycles. The number of nitrogens with zero attached hydrogens (tertiary/aromatic N) is 1. The number of thioether (sulfide) groups is 1. The smallest absolute Gasteiger partial charge is 0.334 e. The molecule has 2 amide bonds.